The maximum absolute atomic E-state index is 13.7. The smallest absolute Gasteiger partial charge is 0.315 e. The van der Waals surface area contributed by atoms with Gasteiger partial charge in [-0.05, 0) is 62.6 Å². The van der Waals surface area contributed by atoms with Crippen LogP contribution in [0, 0.1) is 25.6 Å². The summed E-state index contributed by atoms with van der Waals surface area (Å²) in [5, 5.41) is 15.4. The van der Waals surface area contributed by atoms with Crippen molar-refractivity contribution in [3.05, 3.63) is 34.6 Å². The Hall–Kier alpha value is -1.62. The van der Waals surface area contributed by atoms with Crippen LogP contribution in [0.1, 0.15) is 55.3 Å². The molecular weight excluding hydrogens is 295 g/mol. The van der Waals surface area contributed by atoms with Crippen LogP contribution in [0.2, 0.25) is 0 Å². The molecular formula is C18H27FN2O2. The van der Waals surface area contributed by atoms with Crippen LogP contribution in [0.15, 0.2) is 12.1 Å². The Labute approximate surface area is 137 Å². The van der Waals surface area contributed by atoms with Crippen LogP contribution in [0.3, 0.4) is 0 Å². The van der Waals surface area contributed by atoms with E-state index in [2.05, 4.69) is 10.6 Å². The van der Waals surface area contributed by atoms with Gasteiger partial charge in [-0.2, -0.15) is 0 Å². The Morgan fingerprint density at radius 2 is 2.00 bits per heavy atom. The number of rotatable bonds is 4. The van der Waals surface area contributed by atoms with Gasteiger partial charge in [-0.3, -0.25) is 0 Å². The average Bonchev–Trinajstić information content (AvgIpc) is 2.50. The van der Waals surface area contributed by atoms with Gasteiger partial charge in [0, 0.05) is 6.54 Å². The molecule has 0 heterocycles. The summed E-state index contributed by atoms with van der Waals surface area (Å²) in [7, 11) is 0. The van der Waals surface area contributed by atoms with Gasteiger partial charge in [0.05, 0.1) is 12.1 Å². The minimum Gasteiger partial charge on any atom is -0.393 e. The number of aliphatic hydroxyl groups excluding tert-OH is 1. The minimum absolute atomic E-state index is 0.190. The number of hydrogen-bond acceptors (Lipinski definition) is 2. The van der Waals surface area contributed by atoms with Crippen molar-refractivity contribution in [1.29, 1.82) is 0 Å². The van der Waals surface area contributed by atoms with E-state index >= 15 is 0 Å². The predicted molar refractivity (Wildman–Crippen MR) is 88.8 cm³/mol. The molecule has 1 fully saturated rings. The fourth-order valence-corrected chi connectivity index (χ4v) is 3.25. The SMILES string of the molecule is Cc1cc(C(C)NC(=O)NCC2CCCC(O)C2)cc(C)c1F. The second-order valence-corrected chi connectivity index (χ2v) is 6.73. The molecule has 0 aromatic heterocycles. The molecule has 2 rings (SSSR count). The van der Waals surface area contributed by atoms with Crippen LogP contribution in [0.4, 0.5) is 9.18 Å². The zero-order chi connectivity index (χ0) is 17.0. The fourth-order valence-electron chi connectivity index (χ4n) is 3.25. The molecule has 0 bridgehead atoms. The number of halogens is 1. The molecule has 1 aliphatic rings. The van der Waals surface area contributed by atoms with E-state index in [1.165, 1.54) is 0 Å². The number of nitrogens with one attached hydrogen (secondary N) is 2. The van der Waals surface area contributed by atoms with Crippen molar-refractivity contribution in [2.24, 2.45) is 5.92 Å². The molecule has 0 radical (unpaired) electrons. The summed E-state index contributed by atoms with van der Waals surface area (Å²) in [6.45, 7) is 5.92. The Morgan fingerprint density at radius 3 is 2.61 bits per heavy atom. The highest BCUT2D eigenvalue weighted by Gasteiger charge is 2.21. The van der Waals surface area contributed by atoms with E-state index in [0.29, 0.717) is 23.6 Å². The largest absolute Gasteiger partial charge is 0.393 e. The summed E-state index contributed by atoms with van der Waals surface area (Å²) >= 11 is 0. The van der Waals surface area contributed by atoms with Crippen molar-refractivity contribution < 1.29 is 14.3 Å². The number of amides is 2. The van der Waals surface area contributed by atoms with E-state index in [0.717, 1.165) is 31.2 Å². The van der Waals surface area contributed by atoms with Crippen LogP contribution in [0.25, 0.3) is 0 Å². The fraction of sp³-hybridized carbons (Fsp3) is 0.611. The topological polar surface area (TPSA) is 61.4 Å². The van der Waals surface area contributed by atoms with Gasteiger partial charge in [0.25, 0.3) is 0 Å². The van der Waals surface area contributed by atoms with Gasteiger partial charge in [0.15, 0.2) is 0 Å². The zero-order valence-corrected chi connectivity index (χ0v) is 14.2. The molecule has 0 saturated heterocycles. The lowest BCUT2D eigenvalue weighted by molar-refractivity contribution is 0.101. The maximum atomic E-state index is 13.7. The molecule has 23 heavy (non-hydrogen) atoms. The van der Waals surface area contributed by atoms with Gasteiger partial charge >= 0.3 is 6.03 Å². The normalized spacial score (nSPS) is 22.5. The van der Waals surface area contributed by atoms with Crippen LogP contribution >= 0.6 is 0 Å². The van der Waals surface area contributed by atoms with E-state index in [-0.39, 0.29) is 24.0 Å². The van der Waals surface area contributed by atoms with E-state index in [9.17, 15) is 14.3 Å². The summed E-state index contributed by atoms with van der Waals surface area (Å²) in [6, 6.07) is 3.12. The lowest BCUT2D eigenvalue weighted by Crippen LogP contribution is -2.40. The van der Waals surface area contributed by atoms with E-state index < -0.39 is 0 Å². The quantitative estimate of drug-likeness (QED) is 0.796. The average molecular weight is 322 g/mol. The number of benzene rings is 1. The first kappa shape index (κ1) is 17.7. The van der Waals surface area contributed by atoms with Crippen molar-refractivity contribution >= 4 is 6.03 Å². The second kappa shape index (κ2) is 7.77. The molecule has 3 atom stereocenters. The maximum Gasteiger partial charge on any atom is 0.315 e. The summed E-state index contributed by atoms with van der Waals surface area (Å²) in [6.07, 6.45) is 3.45. The summed E-state index contributed by atoms with van der Waals surface area (Å²) in [5.41, 5.74) is 2.07. The monoisotopic (exact) mass is 322 g/mol. The van der Waals surface area contributed by atoms with E-state index in [4.69, 9.17) is 0 Å². The van der Waals surface area contributed by atoms with Crippen LogP contribution in [-0.4, -0.2) is 23.8 Å². The number of hydrogen-bond donors (Lipinski definition) is 3. The minimum atomic E-state index is -0.234. The third-order valence-electron chi connectivity index (χ3n) is 4.61. The van der Waals surface area contributed by atoms with Crippen molar-refractivity contribution in [3.63, 3.8) is 0 Å². The molecule has 3 unspecified atom stereocenters. The Kier molecular flexibility index (Phi) is 5.99. The Morgan fingerprint density at radius 1 is 1.35 bits per heavy atom. The first-order chi connectivity index (χ1) is 10.9. The van der Waals surface area contributed by atoms with Gasteiger partial charge in [0.2, 0.25) is 0 Å². The van der Waals surface area contributed by atoms with Crippen molar-refractivity contribution in [2.75, 3.05) is 6.54 Å². The third-order valence-corrected chi connectivity index (χ3v) is 4.61. The van der Waals surface area contributed by atoms with E-state index in [1.54, 1.807) is 26.0 Å². The number of aliphatic hydroxyl groups is 1. The summed E-state index contributed by atoms with van der Waals surface area (Å²) < 4.78 is 13.7. The van der Waals surface area contributed by atoms with Crippen molar-refractivity contribution in [1.82, 2.24) is 10.6 Å². The van der Waals surface area contributed by atoms with Gasteiger partial charge in [-0.15, -0.1) is 0 Å². The van der Waals surface area contributed by atoms with Crippen molar-refractivity contribution in [3.8, 4) is 0 Å². The lowest BCUT2D eigenvalue weighted by Gasteiger charge is -2.26. The molecule has 4 nitrogen and oxygen atoms in total. The molecule has 0 spiro atoms. The van der Waals surface area contributed by atoms with Gasteiger partial charge in [-0.1, -0.05) is 18.6 Å². The highest BCUT2D eigenvalue weighted by molar-refractivity contribution is 5.74. The molecule has 5 heteroatoms. The second-order valence-electron chi connectivity index (χ2n) is 6.73. The first-order valence-electron chi connectivity index (χ1n) is 8.36. The summed E-state index contributed by atoms with van der Waals surface area (Å²) in [4.78, 5) is 12.0. The van der Waals surface area contributed by atoms with Crippen LogP contribution in [0.5, 0.6) is 0 Å². The van der Waals surface area contributed by atoms with Gasteiger partial charge < -0.3 is 15.7 Å². The van der Waals surface area contributed by atoms with Gasteiger partial charge in [0.1, 0.15) is 5.82 Å². The zero-order valence-electron chi connectivity index (χ0n) is 14.2. The number of carbonyl (C=O) groups excluding carboxylic acids is 1. The molecule has 1 saturated carbocycles. The molecule has 1 aliphatic carbocycles. The Balaban J connectivity index is 1.85. The summed E-state index contributed by atoms with van der Waals surface area (Å²) in [5.74, 6) is 0.149. The number of aryl methyl sites for hydroxylation is 2. The highest BCUT2D eigenvalue weighted by atomic mass is 19.1. The first-order valence-corrected chi connectivity index (χ1v) is 8.36. The molecule has 3 N–H and O–H groups in total. The van der Waals surface area contributed by atoms with Crippen LogP contribution < -0.4 is 10.6 Å². The number of carbonyl (C=O) groups is 1. The molecule has 1 aromatic carbocycles. The highest BCUT2D eigenvalue weighted by Crippen LogP contribution is 2.23. The molecule has 0 aliphatic heterocycles. The van der Waals surface area contributed by atoms with Crippen LogP contribution in [-0.2, 0) is 0 Å². The lowest BCUT2D eigenvalue weighted by atomic mass is 9.87. The molecule has 1 aromatic rings. The number of urea groups is 1. The molecule has 2 amide bonds. The molecule has 128 valence electrons. The Bertz CT molecular complexity index is 539. The van der Waals surface area contributed by atoms with E-state index in [1.807, 2.05) is 6.92 Å². The van der Waals surface area contributed by atoms with Gasteiger partial charge in [-0.25, -0.2) is 9.18 Å². The van der Waals surface area contributed by atoms with Crippen molar-refractivity contribution in [2.45, 2.75) is 58.6 Å². The predicted octanol–water partition coefficient (Wildman–Crippen LogP) is 3.35. The third kappa shape index (κ3) is 4.93. The standard InChI is InChI=1S/C18H27FN2O2/c1-11-7-15(8-12(2)17(11)19)13(3)21-18(23)20-10-14-5-4-6-16(22)9-14/h7-8,13-14,16,22H,4-6,9-10H2,1-3H3,(H2,20,21,23).